The molecule has 100 valence electrons. The van der Waals surface area contributed by atoms with Crippen molar-refractivity contribution in [1.29, 1.82) is 0 Å². The number of hydrogen-bond donors (Lipinski definition) is 1. The monoisotopic (exact) mass is 279 g/mol. The van der Waals surface area contributed by atoms with Crippen LogP contribution in [0.3, 0.4) is 0 Å². The van der Waals surface area contributed by atoms with Crippen LogP contribution in [-0.2, 0) is 4.79 Å². The molecule has 1 amide bonds. The van der Waals surface area contributed by atoms with Gasteiger partial charge in [-0.25, -0.2) is 8.78 Å². The number of rotatable bonds is 4. The molecule has 18 heavy (non-hydrogen) atoms. The average Bonchev–Trinajstić information content (AvgIpc) is 2.69. The van der Waals surface area contributed by atoms with Crippen LogP contribution in [0.25, 0.3) is 0 Å². The highest BCUT2D eigenvalue weighted by atomic mass is 32.2. The minimum atomic E-state index is -2.72. The van der Waals surface area contributed by atoms with Gasteiger partial charge in [-0.3, -0.25) is 25.1 Å². The Bertz CT molecular complexity index is 416. The van der Waals surface area contributed by atoms with Crippen molar-refractivity contribution in [1.82, 2.24) is 10.2 Å². The lowest BCUT2D eigenvalue weighted by atomic mass is 10.4. The molecule has 1 saturated heterocycles. The van der Waals surface area contributed by atoms with Crippen LogP contribution in [-0.4, -0.2) is 46.5 Å². The fraction of sp³-hybridized carbons (Fsp3) is 0.667. The third-order valence-electron chi connectivity index (χ3n) is 2.67. The highest BCUT2D eigenvalue weighted by molar-refractivity contribution is 8.03. The van der Waals surface area contributed by atoms with Crippen LogP contribution in [0.2, 0.25) is 0 Å². The fourth-order valence-electron chi connectivity index (χ4n) is 1.62. The summed E-state index contributed by atoms with van der Waals surface area (Å²) in [5.41, 5.74) is 0. The molecule has 1 unspecified atom stereocenters. The van der Waals surface area contributed by atoms with Gasteiger partial charge in [0, 0.05) is 18.7 Å². The van der Waals surface area contributed by atoms with Crippen molar-refractivity contribution >= 4 is 17.7 Å². The Morgan fingerprint density at radius 2 is 2.39 bits per heavy atom. The van der Waals surface area contributed by atoms with Crippen LogP contribution < -0.4 is 5.32 Å². The van der Waals surface area contributed by atoms with Gasteiger partial charge in [-0.15, -0.1) is 11.8 Å². The number of nitrogens with zero attached hydrogens (tertiary/aromatic N) is 2. The molecule has 6 nitrogen and oxygen atoms in total. The van der Waals surface area contributed by atoms with Crippen molar-refractivity contribution in [2.45, 2.75) is 18.4 Å². The molecular weight excluding hydrogens is 268 g/mol. The van der Waals surface area contributed by atoms with Gasteiger partial charge in [-0.2, -0.15) is 0 Å². The van der Waals surface area contributed by atoms with Crippen molar-refractivity contribution in [3.05, 3.63) is 21.3 Å². The largest absolute Gasteiger partial charge is 0.300 e. The van der Waals surface area contributed by atoms with Gasteiger partial charge in [0.15, 0.2) is 0 Å². The van der Waals surface area contributed by atoms with E-state index in [4.69, 9.17) is 0 Å². The molecule has 1 saturated carbocycles. The standard InChI is InChI=1S/C9H11F2N3O3S/c10-9(11)3-6(9)12-4-7(15)13-1-2-18-8(13)5-14(16)17/h5-6,12H,1-4H2/b8-5-. The minimum absolute atomic E-state index is 0.226. The zero-order chi connectivity index (χ0) is 13.3. The van der Waals surface area contributed by atoms with E-state index < -0.39 is 22.8 Å². The summed E-state index contributed by atoms with van der Waals surface area (Å²) in [6.07, 6.45) is 0.508. The summed E-state index contributed by atoms with van der Waals surface area (Å²) >= 11 is 1.21. The summed E-state index contributed by atoms with van der Waals surface area (Å²) in [4.78, 5) is 22.7. The lowest BCUT2D eigenvalue weighted by Gasteiger charge is -2.15. The maximum absolute atomic E-state index is 12.6. The van der Waals surface area contributed by atoms with Crippen molar-refractivity contribution < 1.29 is 18.5 Å². The molecule has 2 fully saturated rings. The van der Waals surface area contributed by atoms with Crippen LogP contribution in [0.4, 0.5) is 8.78 Å². The van der Waals surface area contributed by atoms with Crippen LogP contribution >= 0.6 is 11.8 Å². The number of alkyl halides is 2. The number of nitro groups is 1. The maximum atomic E-state index is 12.6. The van der Waals surface area contributed by atoms with Gasteiger partial charge in [0.05, 0.1) is 17.5 Å². The number of halogens is 2. The average molecular weight is 279 g/mol. The summed E-state index contributed by atoms with van der Waals surface area (Å²) < 4.78 is 25.2. The first-order valence-electron chi connectivity index (χ1n) is 5.30. The Kier molecular flexibility index (Phi) is 3.53. The molecule has 0 radical (unpaired) electrons. The summed E-state index contributed by atoms with van der Waals surface area (Å²) in [5.74, 6) is -2.57. The summed E-state index contributed by atoms with van der Waals surface area (Å²) in [5, 5.41) is 13.1. The number of nitrogens with one attached hydrogen (secondary N) is 1. The van der Waals surface area contributed by atoms with Crippen molar-refractivity contribution in [2.24, 2.45) is 0 Å². The highest BCUT2D eigenvalue weighted by Gasteiger charge is 2.56. The number of carbonyl (C=O) groups excluding carboxylic acids is 1. The molecule has 2 rings (SSSR count). The molecule has 0 bridgehead atoms. The van der Waals surface area contributed by atoms with Crippen LogP contribution in [0.1, 0.15) is 6.42 Å². The Morgan fingerprint density at radius 3 is 2.94 bits per heavy atom. The van der Waals surface area contributed by atoms with Crippen LogP contribution in [0.5, 0.6) is 0 Å². The van der Waals surface area contributed by atoms with Crippen molar-refractivity contribution in [3.63, 3.8) is 0 Å². The molecule has 0 aromatic rings. The lowest BCUT2D eigenvalue weighted by Crippen LogP contribution is -2.37. The van der Waals surface area contributed by atoms with E-state index in [1.54, 1.807) is 0 Å². The summed E-state index contributed by atoms with van der Waals surface area (Å²) in [6.45, 7) is 0.141. The molecule has 1 atom stereocenters. The second-order valence-electron chi connectivity index (χ2n) is 4.05. The smallest absolute Gasteiger partial charge is 0.265 e. The van der Waals surface area contributed by atoms with Gasteiger partial charge in [-0.1, -0.05) is 0 Å². The quantitative estimate of drug-likeness (QED) is 0.603. The Balaban J connectivity index is 1.87. The molecule has 0 spiro atoms. The number of thioether (sulfide) groups is 1. The van der Waals surface area contributed by atoms with E-state index in [-0.39, 0.29) is 18.0 Å². The maximum Gasteiger partial charge on any atom is 0.265 e. The molecular formula is C9H11F2N3O3S. The van der Waals surface area contributed by atoms with E-state index in [0.29, 0.717) is 12.3 Å². The van der Waals surface area contributed by atoms with E-state index in [9.17, 15) is 23.7 Å². The second kappa shape index (κ2) is 4.81. The van der Waals surface area contributed by atoms with E-state index in [0.717, 1.165) is 6.20 Å². The number of hydrogen-bond acceptors (Lipinski definition) is 5. The zero-order valence-corrected chi connectivity index (χ0v) is 10.1. The van der Waals surface area contributed by atoms with Crippen LogP contribution in [0, 0.1) is 10.1 Å². The second-order valence-corrected chi connectivity index (χ2v) is 5.16. The number of amides is 1. The molecule has 1 aliphatic carbocycles. The molecule has 0 aromatic carbocycles. The first-order valence-corrected chi connectivity index (χ1v) is 6.28. The SMILES string of the molecule is O=C(CNC1CC1(F)F)N1CCS/C1=C\[N+](=O)[O-]. The summed E-state index contributed by atoms with van der Waals surface area (Å²) in [6, 6.07) is -0.945. The molecule has 9 heteroatoms. The summed E-state index contributed by atoms with van der Waals surface area (Å²) in [7, 11) is 0. The van der Waals surface area contributed by atoms with Gasteiger partial charge in [0.25, 0.3) is 12.1 Å². The molecule has 1 N–H and O–H groups in total. The van der Waals surface area contributed by atoms with Crippen molar-refractivity contribution in [2.75, 3.05) is 18.8 Å². The first-order chi connectivity index (χ1) is 8.40. The fourth-order valence-corrected chi connectivity index (χ4v) is 2.61. The van der Waals surface area contributed by atoms with E-state index in [1.165, 1.54) is 16.7 Å². The third-order valence-corrected chi connectivity index (χ3v) is 3.68. The molecule has 1 heterocycles. The predicted octanol–water partition coefficient (Wildman–Crippen LogP) is 0.635. The highest BCUT2D eigenvalue weighted by Crippen LogP contribution is 2.41. The minimum Gasteiger partial charge on any atom is -0.300 e. The van der Waals surface area contributed by atoms with Crippen LogP contribution in [0.15, 0.2) is 11.2 Å². The topological polar surface area (TPSA) is 75.5 Å². The van der Waals surface area contributed by atoms with Gasteiger partial charge >= 0.3 is 0 Å². The number of carbonyl (C=O) groups is 1. The third kappa shape index (κ3) is 2.96. The molecule has 0 aromatic heterocycles. The Morgan fingerprint density at radius 1 is 1.72 bits per heavy atom. The zero-order valence-electron chi connectivity index (χ0n) is 9.27. The van der Waals surface area contributed by atoms with Gasteiger partial charge in [0.2, 0.25) is 5.91 Å². The Labute approximate surface area is 106 Å². The van der Waals surface area contributed by atoms with E-state index in [2.05, 4.69) is 5.32 Å². The van der Waals surface area contributed by atoms with Gasteiger partial charge in [-0.05, 0) is 0 Å². The molecule has 1 aliphatic heterocycles. The first kappa shape index (κ1) is 13.2. The van der Waals surface area contributed by atoms with Gasteiger partial charge < -0.3 is 0 Å². The molecule has 2 aliphatic rings. The Hall–Kier alpha value is -1.22. The van der Waals surface area contributed by atoms with Crippen molar-refractivity contribution in [3.8, 4) is 0 Å². The normalized spacial score (nSPS) is 27.6. The van der Waals surface area contributed by atoms with Gasteiger partial charge in [0.1, 0.15) is 5.03 Å². The van der Waals surface area contributed by atoms with E-state index >= 15 is 0 Å². The predicted molar refractivity (Wildman–Crippen MR) is 60.6 cm³/mol. The van der Waals surface area contributed by atoms with E-state index in [1.807, 2.05) is 0 Å². The lowest BCUT2D eigenvalue weighted by molar-refractivity contribution is -0.403.